The van der Waals surface area contributed by atoms with Crippen LogP contribution in [0.5, 0.6) is 0 Å². The van der Waals surface area contributed by atoms with E-state index in [-0.39, 0.29) is 5.03 Å². The third-order valence-electron chi connectivity index (χ3n) is 3.17. The molecule has 0 aliphatic heterocycles. The molecule has 0 saturated carbocycles. The summed E-state index contributed by atoms with van der Waals surface area (Å²) in [6, 6.07) is 0. The fraction of sp³-hybridized carbons (Fsp3) is 0.769. The maximum atomic E-state index is 12.7. The molecule has 1 rings (SSSR count). The van der Waals surface area contributed by atoms with E-state index >= 15 is 0 Å². The van der Waals surface area contributed by atoms with Crippen LogP contribution in [0.1, 0.15) is 45.1 Å². The average molecular weight is 302 g/mol. The molecule has 0 bridgehead atoms. The van der Waals surface area contributed by atoms with Crippen molar-refractivity contribution in [3.63, 3.8) is 0 Å². The van der Waals surface area contributed by atoms with E-state index in [2.05, 4.69) is 29.4 Å². The smallest absolute Gasteiger partial charge is 0.260 e. The number of sulfonamides is 1. The lowest BCUT2D eigenvalue weighted by Crippen LogP contribution is -2.34. The van der Waals surface area contributed by atoms with Gasteiger partial charge >= 0.3 is 0 Å². The minimum Gasteiger partial charge on any atom is -0.316 e. The highest BCUT2D eigenvalue weighted by atomic mass is 32.2. The van der Waals surface area contributed by atoms with Crippen molar-refractivity contribution in [3.05, 3.63) is 11.8 Å². The van der Waals surface area contributed by atoms with Gasteiger partial charge in [0.05, 0.1) is 6.20 Å². The highest BCUT2D eigenvalue weighted by Crippen LogP contribution is 2.18. The van der Waals surface area contributed by atoms with Gasteiger partial charge in [-0.15, -0.1) is 0 Å². The molecule has 1 heterocycles. The summed E-state index contributed by atoms with van der Waals surface area (Å²) in [6.45, 7) is 5.74. The van der Waals surface area contributed by atoms with Crippen molar-refractivity contribution in [1.29, 1.82) is 0 Å². The first kappa shape index (κ1) is 17.1. The summed E-state index contributed by atoms with van der Waals surface area (Å²) >= 11 is 0. The van der Waals surface area contributed by atoms with Crippen molar-refractivity contribution in [2.24, 2.45) is 0 Å². The van der Waals surface area contributed by atoms with E-state index in [1.807, 2.05) is 0 Å². The molecule has 0 atom stereocenters. The molecule has 0 fully saturated rings. The van der Waals surface area contributed by atoms with E-state index in [9.17, 15) is 8.42 Å². The van der Waals surface area contributed by atoms with Crippen LogP contribution in [0.2, 0.25) is 0 Å². The zero-order chi connectivity index (χ0) is 15.0. The standard InChI is InChI=1S/C13H26N4O2S/c1-4-6-8-17(9-7-5-2)20(18,19)13-12(10-14-3)11-15-16-13/h11,14H,4-10H2,1-3H3,(H,15,16). The van der Waals surface area contributed by atoms with Crippen molar-refractivity contribution < 1.29 is 8.42 Å². The van der Waals surface area contributed by atoms with Gasteiger partial charge in [0.25, 0.3) is 10.0 Å². The molecular weight excluding hydrogens is 276 g/mol. The van der Waals surface area contributed by atoms with Crippen LogP contribution >= 0.6 is 0 Å². The number of nitrogens with zero attached hydrogens (tertiary/aromatic N) is 2. The van der Waals surface area contributed by atoms with E-state index in [1.54, 1.807) is 17.5 Å². The predicted octanol–water partition coefficient (Wildman–Crippen LogP) is 1.72. The minimum absolute atomic E-state index is 0.221. The van der Waals surface area contributed by atoms with Gasteiger partial charge in [-0.25, -0.2) is 8.42 Å². The normalized spacial score (nSPS) is 12.2. The van der Waals surface area contributed by atoms with Crippen molar-refractivity contribution in [3.8, 4) is 0 Å². The van der Waals surface area contributed by atoms with Gasteiger partial charge < -0.3 is 5.32 Å². The molecule has 0 unspecified atom stereocenters. The minimum atomic E-state index is -3.48. The second-order valence-corrected chi connectivity index (χ2v) is 6.74. The molecule has 0 saturated heterocycles. The van der Waals surface area contributed by atoms with Gasteiger partial charge in [-0.3, -0.25) is 5.10 Å². The summed E-state index contributed by atoms with van der Waals surface area (Å²) in [5, 5.41) is 9.71. The van der Waals surface area contributed by atoms with Crippen LogP contribution in [0.4, 0.5) is 0 Å². The summed E-state index contributed by atoms with van der Waals surface area (Å²) in [7, 11) is -1.69. The second kappa shape index (κ2) is 8.39. The zero-order valence-corrected chi connectivity index (χ0v) is 13.5. The number of hydrogen-bond acceptors (Lipinski definition) is 4. The molecule has 0 amide bonds. The molecule has 6 nitrogen and oxygen atoms in total. The molecular formula is C13H26N4O2S. The Morgan fingerprint density at radius 1 is 1.25 bits per heavy atom. The Morgan fingerprint density at radius 3 is 2.35 bits per heavy atom. The third-order valence-corrected chi connectivity index (χ3v) is 5.08. The van der Waals surface area contributed by atoms with Crippen molar-refractivity contribution in [1.82, 2.24) is 19.8 Å². The van der Waals surface area contributed by atoms with E-state index in [0.717, 1.165) is 25.7 Å². The fourth-order valence-corrected chi connectivity index (χ4v) is 3.61. The average Bonchev–Trinajstić information content (AvgIpc) is 2.88. The first-order chi connectivity index (χ1) is 9.57. The van der Waals surface area contributed by atoms with Gasteiger partial charge in [0.1, 0.15) is 0 Å². The topological polar surface area (TPSA) is 78.1 Å². The van der Waals surface area contributed by atoms with E-state index in [0.29, 0.717) is 25.2 Å². The number of aromatic nitrogens is 2. The van der Waals surface area contributed by atoms with Gasteiger partial charge in [-0.2, -0.15) is 9.40 Å². The van der Waals surface area contributed by atoms with E-state index in [1.165, 1.54) is 0 Å². The van der Waals surface area contributed by atoms with Crippen LogP contribution in [0.25, 0.3) is 0 Å². The van der Waals surface area contributed by atoms with Crippen LogP contribution in [0, 0.1) is 0 Å². The molecule has 0 radical (unpaired) electrons. The maximum absolute atomic E-state index is 12.7. The Morgan fingerprint density at radius 2 is 1.85 bits per heavy atom. The van der Waals surface area contributed by atoms with E-state index in [4.69, 9.17) is 0 Å². The molecule has 116 valence electrons. The number of hydrogen-bond donors (Lipinski definition) is 2. The Bertz CT molecular complexity index is 476. The van der Waals surface area contributed by atoms with Crippen LogP contribution in [-0.2, 0) is 16.6 Å². The summed E-state index contributed by atoms with van der Waals surface area (Å²) in [4.78, 5) is 0. The van der Waals surface area contributed by atoms with Crippen LogP contribution in [0.15, 0.2) is 11.2 Å². The second-order valence-electron chi connectivity index (χ2n) is 4.87. The van der Waals surface area contributed by atoms with Gasteiger partial charge in [-0.1, -0.05) is 26.7 Å². The summed E-state index contributed by atoms with van der Waals surface area (Å²) < 4.78 is 27.0. The molecule has 2 N–H and O–H groups in total. The summed E-state index contributed by atoms with van der Waals surface area (Å²) in [5.41, 5.74) is 0.686. The molecule has 0 aliphatic carbocycles. The molecule has 0 aliphatic rings. The fourth-order valence-electron chi connectivity index (χ4n) is 1.99. The van der Waals surface area contributed by atoms with E-state index < -0.39 is 10.0 Å². The van der Waals surface area contributed by atoms with Crippen molar-refractivity contribution in [2.75, 3.05) is 20.1 Å². The number of aromatic amines is 1. The van der Waals surface area contributed by atoms with Crippen molar-refractivity contribution in [2.45, 2.75) is 51.1 Å². The number of rotatable bonds is 10. The van der Waals surface area contributed by atoms with Crippen molar-refractivity contribution >= 4 is 10.0 Å². The first-order valence-corrected chi connectivity index (χ1v) is 8.68. The van der Waals surface area contributed by atoms with Gasteiger partial charge in [0, 0.05) is 25.2 Å². The van der Waals surface area contributed by atoms with Gasteiger partial charge in [0.15, 0.2) is 5.03 Å². The summed E-state index contributed by atoms with van der Waals surface area (Å²) in [5.74, 6) is 0. The molecule has 0 spiro atoms. The Hall–Kier alpha value is -0.920. The van der Waals surface area contributed by atoms with Crippen LogP contribution in [-0.4, -0.2) is 43.1 Å². The lowest BCUT2D eigenvalue weighted by Gasteiger charge is -2.21. The highest BCUT2D eigenvalue weighted by Gasteiger charge is 2.27. The van der Waals surface area contributed by atoms with Crippen LogP contribution in [0.3, 0.4) is 0 Å². The number of H-pyrrole nitrogens is 1. The predicted molar refractivity (Wildman–Crippen MR) is 79.9 cm³/mol. The van der Waals surface area contributed by atoms with Gasteiger partial charge in [0.2, 0.25) is 0 Å². The number of unbranched alkanes of at least 4 members (excludes halogenated alkanes) is 2. The van der Waals surface area contributed by atoms with Gasteiger partial charge in [-0.05, 0) is 19.9 Å². The molecule has 20 heavy (non-hydrogen) atoms. The third kappa shape index (κ3) is 4.29. The largest absolute Gasteiger partial charge is 0.316 e. The highest BCUT2D eigenvalue weighted by molar-refractivity contribution is 7.89. The molecule has 7 heteroatoms. The monoisotopic (exact) mass is 302 g/mol. The lowest BCUT2D eigenvalue weighted by molar-refractivity contribution is 0.393. The Balaban J connectivity index is 2.98. The maximum Gasteiger partial charge on any atom is 0.260 e. The molecule has 1 aromatic heterocycles. The quantitative estimate of drug-likeness (QED) is 0.690. The summed E-state index contributed by atoms with van der Waals surface area (Å²) in [6.07, 6.45) is 5.27. The molecule has 0 aromatic carbocycles. The first-order valence-electron chi connectivity index (χ1n) is 7.24. The lowest BCUT2D eigenvalue weighted by atomic mass is 10.3. The zero-order valence-electron chi connectivity index (χ0n) is 12.6. The number of nitrogens with one attached hydrogen (secondary N) is 2. The Kier molecular flexibility index (Phi) is 7.18. The Labute approximate surface area is 122 Å². The SMILES string of the molecule is CCCCN(CCCC)S(=O)(=O)c1[nH]ncc1CNC. The molecule has 1 aromatic rings. The van der Waals surface area contributed by atoms with Crippen LogP contribution < -0.4 is 5.32 Å².